The molecule has 9 nitrogen and oxygen atoms in total. The molecular weight excluding hydrogens is 358 g/mol. The van der Waals surface area contributed by atoms with E-state index in [0.717, 1.165) is 9.87 Å². The molecule has 2 atom stereocenters. The lowest BCUT2D eigenvalue weighted by Crippen LogP contribution is -2.56. The first kappa shape index (κ1) is 18.4. The van der Waals surface area contributed by atoms with Gasteiger partial charge in [0, 0.05) is 37.6 Å². The second kappa shape index (κ2) is 6.71. The van der Waals surface area contributed by atoms with Gasteiger partial charge >= 0.3 is 0 Å². The van der Waals surface area contributed by atoms with Crippen LogP contribution in [0.4, 0.5) is 5.69 Å². The van der Waals surface area contributed by atoms with E-state index >= 15 is 0 Å². The molecule has 1 amide bonds. The first-order chi connectivity index (χ1) is 12.2. The van der Waals surface area contributed by atoms with Crippen molar-refractivity contribution in [1.82, 2.24) is 18.8 Å². The summed E-state index contributed by atoms with van der Waals surface area (Å²) in [5, 5.41) is 16.4. The summed E-state index contributed by atoms with van der Waals surface area (Å²) in [5.41, 5.74) is 1.84. The van der Waals surface area contributed by atoms with Crippen LogP contribution in [0.2, 0.25) is 0 Å². The minimum absolute atomic E-state index is 0.0120. The second-order valence-corrected chi connectivity index (χ2v) is 8.09. The standard InChI is InChI=1S/C16H21N5O4S/c1-10-13(9-20(2)18-10)14-8-15(21(3)26(24,25)19-14)16(23)17-11-5-4-6-12(22)7-11/h4-7,9,14-15,19,22H,8H2,1-3H3,(H,17,23). The highest BCUT2D eigenvalue weighted by Gasteiger charge is 2.41. The number of hydrogen-bond donors (Lipinski definition) is 3. The van der Waals surface area contributed by atoms with E-state index in [-0.39, 0.29) is 12.2 Å². The SMILES string of the molecule is Cc1nn(C)cc1C1CC(C(=O)Nc2cccc(O)c2)N(C)S(=O)(=O)N1. The Labute approximate surface area is 151 Å². The van der Waals surface area contributed by atoms with Gasteiger partial charge in [0.05, 0.1) is 11.7 Å². The molecule has 0 aliphatic carbocycles. The maximum atomic E-state index is 12.7. The van der Waals surface area contributed by atoms with E-state index in [2.05, 4.69) is 15.1 Å². The number of aromatic hydroxyl groups is 1. The molecule has 0 bridgehead atoms. The number of aryl methyl sites for hydroxylation is 2. The number of rotatable bonds is 3. The summed E-state index contributed by atoms with van der Waals surface area (Å²) >= 11 is 0. The number of carbonyl (C=O) groups is 1. The molecular formula is C16H21N5O4S. The molecule has 2 heterocycles. The molecule has 2 unspecified atom stereocenters. The summed E-state index contributed by atoms with van der Waals surface area (Å²) in [5.74, 6) is -0.451. The fourth-order valence-electron chi connectivity index (χ4n) is 3.08. The fraction of sp³-hybridized carbons (Fsp3) is 0.375. The Morgan fingerprint density at radius 3 is 2.73 bits per heavy atom. The van der Waals surface area contributed by atoms with Gasteiger partial charge in [-0.3, -0.25) is 9.48 Å². The summed E-state index contributed by atoms with van der Waals surface area (Å²) in [6.45, 7) is 1.80. The average Bonchev–Trinajstić information content (AvgIpc) is 2.88. The van der Waals surface area contributed by atoms with E-state index < -0.39 is 28.2 Å². The number of amides is 1. The van der Waals surface area contributed by atoms with Crippen LogP contribution in [-0.4, -0.2) is 46.6 Å². The lowest BCUT2D eigenvalue weighted by molar-refractivity contribution is -0.120. The molecule has 1 aliphatic heterocycles. The minimum atomic E-state index is -3.82. The van der Waals surface area contributed by atoms with E-state index in [1.54, 1.807) is 37.0 Å². The first-order valence-corrected chi connectivity index (χ1v) is 9.46. The first-order valence-electron chi connectivity index (χ1n) is 8.02. The van der Waals surface area contributed by atoms with E-state index in [0.29, 0.717) is 11.4 Å². The Kier molecular flexibility index (Phi) is 4.74. The van der Waals surface area contributed by atoms with Crippen molar-refractivity contribution in [2.24, 2.45) is 7.05 Å². The van der Waals surface area contributed by atoms with Crippen LogP contribution >= 0.6 is 0 Å². The van der Waals surface area contributed by atoms with Gasteiger partial charge in [0.25, 0.3) is 10.2 Å². The van der Waals surface area contributed by atoms with Crippen molar-refractivity contribution in [3.8, 4) is 5.75 Å². The Bertz CT molecular complexity index is 940. The highest BCUT2D eigenvalue weighted by atomic mass is 32.2. The lowest BCUT2D eigenvalue weighted by Gasteiger charge is -2.36. The molecule has 1 fully saturated rings. The molecule has 3 rings (SSSR count). The number of phenolic OH excluding ortho intramolecular Hbond substituents is 1. The number of carbonyl (C=O) groups excluding carboxylic acids is 1. The zero-order chi connectivity index (χ0) is 19.1. The Hall–Kier alpha value is -2.43. The summed E-state index contributed by atoms with van der Waals surface area (Å²) in [7, 11) is -0.706. The fourth-order valence-corrected chi connectivity index (χ4v) is 4.35. The quantitative estimate of drug-likeness (QED) is 0.724. The summed E-state index contributed by atoms with van der Waals surface area (Å²) in [6, 6.07) is 4.65. The van der Waals surface area contributed by atoms with Gasteiger partial charge in [-0.05, 0) is 25.5 Å². The molecule has 2 aromatic rings. The summed E-state index contributed by atoms with van der Waals surface area (Å²) < 4.78 is 30.2. The molecule has 1 saturated heterocycles. The summed E-state index contributed by atoms with van der Waals surface area (Å²) in [4.78, 5) is 12.7. The normalized spacial score (nSPS) is 22.9. The van der Waals surface area contributed by atoms with E-state index in [1.807, 2.05) is 0 Å². The van der Waals surface area contributed by atoms with Crippen LogP contribution < -0.4 is 10.0 Å². The third-order valence-electron chi connectivity index (χ3n) is 4.41. The molecule has 140 valence electrons. The maximum Gasteiger partial charge on any atom is 0.280 e. The van der Waals surface area contributed by atoms with Crippen molar-refractivity contribution < 1.29 is 18.3 Å². The third-order valence-corrected chi connectivity index (χ3v) is 6.01. The minimum Gasteiger partial charge on any atom is -0.508 e. The average molecular weight is 379 g/mol. The number of benzene rings is 1. The van der Waals surface area contributed by atoms with Crippen LogP contribution in [0.5, 0.6) is 5.75 Å². The topological polar surface area (TPSA) is 117 Å². The monoisotopic (exact) mass is 379 g/mol. The highest BCUT2D eigenvalue weighted by Crippen LogP contribution is 2.30. The third kappa shape index (κ3) is 3.57. The Balaban J connectivity index is 1.87. The number of hydrogen-bond acceptors (Lipinski definition) is 5. The van der Waals surface area contributed by atoms with Crippen LogP contribution in [0.25, 0.3) is 0 Å². The zero-order valence-corrected chi connectivity index (χ0v) is 15.5. The van der Waals surface area contributed by atoms with Crippen molar-refractivity contribution in [3.05, 3.63) is 41.7 Å². The van der Waals surface area contributed by atoms with Crippen LogP contribution in [0.15, 0.2) is 30.5 Å². The molecule has 1 aliphatic rings. The van der Waals surface area contributed by atoms with Crippen molar-refractivity contribution in [2.45, 2.75) is 25.4 Å². The number of anilines is 1. The van der Waals surface area contributed by atoms with E-state index in [1.165, 1.54) is 19.2 Å². The molecule has 10 heteroatoms. The molecule has 3 N–H and O–H groups in total. The number of nitrogens with one attached hydrogen (secondary N) is 2. The van der Waals surface area contributed by atoms with E-state index in [4.69, 9.17) is 0 Å². The van der Waals surface area contributed by atoms with Gasteiger partial charge in [-0.2, -0.15) is 22.5 Å². The van der Waals surface area contributed by atoms with Crippen LogP contribution in [0.1, 0.15) is 23.7 Å². The van der Waals surface area contributed by atoms with Gasteiger partial charge in [-0.1, -0.05) is 6.07 Å². The van der Waals surface area contributed by atoms with Crippen LogP contribution in [-0.2, 0) is 22.1 Å². The predicted octanol–water partition coefficient (Wildman–Crippen LogP) is 0.652. The molecule has 1 aromatic heterocycles. The van der Waals surface area contributed by atoms with Crippen molar-refractivity contribution in [3.63, 3.8) is 0 Å². The lowest BCUT2D eigenvalue weighted by atomic mass is 10.00. The van der Waals surface area contributed by atoms with Gasteiger partial charge in [0.15, 0.2) is 0 Å². The van der Waals surface area contributed by atoms with Gasteiger partial charge in [0.2, 0.25) is 5.91 Å². The number of likely N-dealkylation sites (N-methyl/N-ethyl adjacent to an activating group) is 1. The molecule has 1 aromatic carbocycles. The number of aromatic nitrogens is 2. The van der Waals surface area contributed by atoms with Gasteiger partial charge in [-0.25, -0.2) is 0 Å². The molecule has 26 heavy (non-hydrogen) atoms. The molecule has 0 saturated carbocycles. The van der Waals surface area contributed by atoms with Crippen molar-refractivity contribution in [1.29, 1.82) is 0 Å². The van der Waals surface area contributed by atoms with Gasteiger partial charge in [0.1, 0.15) is 11.8 Å². The largest absolute Gasteiger partial charge is 0.508 e. The van der Waals surface area contributed by atoms with Gasteiger partial charge < -0.3 is 10.4 Å². The van der Waals surface area contributed by atoms with Gasteiger partial charge in [-0.15, -0.1) is 0 Å². The zero-order valence-electron chi connectivity index (χ0n) is 14.7. The predicted molar refractivity (Wildman–Crippen MR) is 95.6 cm³/mol. The second-order valence-electron chi connectivity index (χ2n) is 6.33. The van der Waals surface area contributed by atoms with Crippen molar-refractivity contribution >= 4 is 21.8 Å². The number of phenols is 1. The number of nitrogens with zero attached hydrogens (tertiary/aromatic N) is 3. The Morgan fingerprint density at radius 2 is 2.12 bits per heavy atom. The molecule has 0 spiro atoms. The van der Waals surface area contributed by atoms with Crippen LogP contribution in [0, 0.1) is 6.92 Å². The highest BCUT2D eigenvalue weighted by molar-refractivity contribution is 7.87. The van der Waals surface area contributed by atoms with Crippen LogP contribution in [0.3, 0.4) is 0 Å². The van der Waals surface area contributed by atoms with Crippen molar-refractivity contribution in [2.75, 3.05) is 12.4 Å². The molecule has 0 radical (unpaired) electrons. The van der Waals surface area contributed by atoms with E-state index in [9.17, 15) is 18.3 Å². The summed E-state index contributed by atoms with van der Waals surface area (Å²) in [6.07, 6.45) is 2.00. The maximum absolute atomic E-state index is 12.7. The Morgan fingerprint density at radius 1 is 1.38 bits per heavy atom. The smallest absolute Gasteiger partial charge is 0.280 e.